The second-order valence-electron chi connectivity index (χ2n) is 3.58. The van der Waals surface area contributed by atoms with Crippen LogP contribution in [0, 0.1) is 28.3 Å². The number of rotatable bonds is 5. The molecule has 0 aliphatic carbocycles. The lowest BCUT2D eigenvalue weighted by Crippen LogP contribution is -2.26. The molecule has 0 fully saturated rings. The minimum Gasteiger partial charge on any atom is -0.300 e. The number of hydrogen-bond donors (Lipinski definition) is 1. The van der Waals surface area contributed by atoms with Gasteiger partial charge in [0.1, 0.15) is 5.82 Å². The lowest BCUT2D eigenvalue weighted by molar-refractivity contribution is -0.385. The summed E-state index contributed by atoms with van der Waals surface area (Å²) in [7, 11) is 0. The predicted molar refractivity (Wildman–Crippen MR) is 62.8 cm³/mol. The third-order valence-electron chi connectivity index (χ3n) is 2.32. The van der Waals surface area contributed by atoms with Gasteiger partial charge in [0.15, 0.2) is 0 Å². The Morgan fingerprint density at radius 2 is 2.29 bits per heavy atom. The summed E-state index contributed by atoms with van der Waals surface area (Å²) in [6.45, 7) is 2.23. The van der Waals surface area contributed by atoms with E-state index in [0.29, 0.717) is 12.1 Å². The quantitative estimate of drug-likeness (QED) is 0.484. The van der Waals surface area contributed by atoms with Gasteiger partial charge < -0.3 is 0 Å². The molecule has 0 radical (unpaired) electrons. The van der Waals surface area contributed by atoms with Crippen LogP contribution >= 0.6 is 0 Å². The largest absolute Gasteiger partial charge is 0.300 e. The first-order valence-corrected chi connectivity index (χ1v) is 5.20. The molecule has 0 aliphatic heterocycles. The van der Waals surface area contributed by atoms with Crippen LogP contribution in [0.25, 0.3) is 0 Å². The Morgan fingerprint density at radius 1 is 1.59 bits per heavy atom. The van der Waals surface area contributed by atoms with Crippen molar-refractivity contribution in [2.45, 2.75) is 25.9 Å². The highest BCUT2D eigenvalue weighted by atomic mass is 19.1. The summed E-state index contributed by atoms with van der Waals surface area (Å²) >= 11 is 0. The molecule has 0 bridgehead atoms. The molecule has 1 N–H and O–H groups in total. The molecule has 90 valence electrons. The Bertz CT molecular complexity index is 454. The lowest BCUT2D eigenvalue weighted by Gasteiger charge is -2.10. The first kappa shape index (κ1) is 13.1. The molecular weight excluding hydrogens is 223 g/mol. The Morgan fingerprint density at radius 3 is 2.82 bits per heavy atom. The second kappa shape index (κ2) is 5.97. The molecule has 1 aromatic rings. The Balaban J connectivity index is 2.78. The molecular formula is C12H13FN2O2. The number of nitro benzene ring substituents is 1. The average molecular weight is 236 g/mol. The summed E-state index contributed by atoms with van der Waals surface area (Å²) in [5.74, 6) is 1.91. The number of nitrogens with one attached hydrogen (secondary N) is 1. The van der Waals surface area contributed by atoms with Crippen LogP contribution in [0.3, 0.4) is 0 Å². The summed E-state index contributed by atoms with van der Waals surface area (Å²) in [6, 6.07) is 3.36. The van der Waals surface area contributed by atoms with E-state index in [1.54, 1.807) is 0 Å². The van der Waals surface area contributed by atoms with Crippen LogP contribution in [0.4, 0.5) is 10.1 Å². The predicted octanol–water partition coefficient (Wildman–Crippen LogP) is 2.24. The smallest absolute Gasteiger partial charge is 0.272 e. The topological polar surface area (TPSA) is 55.2 Å². The van der Waals surface area contributed by atoms with Gasteiger partial charge in [-0.05, 0) is 18.1 Å². The van der Waals surface area contributed by atoms with Crippen molar-refractivity contribution in [1.29, 1.82) is 0 Å². The normalized spacial score (nSPS) is 11.8. The first-order valence-electron chi connectivity index (χ1n) is 5.20. The van der Waals surface area contributed by atoms with E-state index in [2.05, 4.69) is 11.2 Å². The highest BCUT2D eigenvalue weighted by molar-refractivity contribution is 5.35. The molecule has 5 heteroatoms. The molecule has 1 aromatic carbocycles. The fourth-order valence-electron chi connectivity index (χ4n) is 1.40. The fourth-order valence-corrected chi connectivity index (χ4v) is 1.40. The summed E-state index contributed by atoms with van der Waals surface area (Å²) in [5, 5.41) is 13.5. The van der Waals surface area contributed by atoms with E-state index >= 15 is 0 Å². The molecule has 1 atom stereocenters. The Hall–Kier alpha value is -1.93. The zero-order chi connectivity index (χ0) is 12.8. The van der Waals surface area contributed by atoms with Crippen molar-refractivity contribution in [3.05, 3.63) is 39.7 Å². The lowest BCUT2D eigenvalue weighted by atomic mass is 10.1. The molecule has 4 nitrogen and oxygen atoms in total. The van der Waals surface area contributed by atoms with Crippen LogP contribution < -0.4 is 5.32 Å². The molecule has 0 spiro atoms. The number of halogens is 1. The van der Waals surface area contributed by atoms with Crippen molar-refractivity contribution in [1.82, 2.24) is 5.32 Å². The van der Waals surface area contributed by atoms with Crippen molar-refractivity contribution in [2.24, 2.45) is 0 Å². The number of terminal acetylenes is 1. The van der Waals surface area contributed by atoms with Gasteiger partial charge in [0.05, 0.1) is 17.0 Å². The molecule has 0 saturated heterocycles. The second-order valence-corrected chi connectivity index (χ2v) is 3.58. The van der Waals surface area contributed by atoms with Crippen LogP contribution in [0.1, 0.15) is 18.9 Å². The number of benzene rings is 1. The third-order valence-corrected chi connectivity index (χ3v) is 2.32. The van der Waals surface area contributed by atoms with E-state index in [-0.39, 0.29) is 11.7 Å². The van der Waals surface area contributed by atoms with Crippen LogP contribution in [-0.2, 0) is 6.54 Å². The van der Waals surface area contributed by atoms with Crippen LogP contribution in [-0.4, -0.2) is 11.0 Å². The average Bonchev–Trinajstić information content (AvgIpc) is 2.29. The molecule has 0 amide bonds. The number of nitrogens with zero attached hydrogens (tertiary/aromatic N) is 1. The van der Waals surface area contributed by atoms with Crippen LogP contribution in [0.5, 0.6) is 0 Å². The fraction of sp³-hybridized carbons (Fsp3) is 0.333. The van der Waals surface area contributed by atoms with Gasteiger partial charge in [-0.25, -0.2) is 4.39 Å². The van der Waals surface area contributed by atoms with E-state index in [9.17, 15) is 14.5 Å². The van der Waals surface area contributed by atoms with Gasteiger partial charge in [0.25, 0.3) is 5.69 Å². The summed E-state index contributed by atoms with van der Waals surface area (Å²) in [5.41, 5.74) is 0.251. The van der Waals surface area contributed by atoms with Crippen molar-refractivity contribution in [3.63, 3.8) is 0 Å². The molecule has 0 aliphatic rings. The number of non-ortho nitro benzene ring substituents is 1. The molecule has 0 heterocycles. The number of nitro groups is 1. The Kier molecular flexibility index (Phi) is 4.61. The van der Waals surface area contributed by atoms with Gasteiger partial charge in [-0.15, -0.1) is 6.42 Å². The summed E-state index contributed by atoms with van der Waals surface area (Å²) in [6.07, 6.45) is 6.00. The van der Waals surface area contributed by atoms with E-state index in [4.69, 9.17) is 6.42 Å². The Labute approximate surface area is 99.0 Å². The minimum absolute atomic E-state index is 0.114. The molecule has 0 aromatic heterocycles. The highest BCUT2D eigenvalue weighted by Crippen LogP contribution is 2.16. The van der Waals surface area contributed by atoms with Crippen LogP contribution in [0.2, 0.25) is 0 Å². The van der Waals surface area contributed by atoms with Gasteiger partial charge in [-0.2, -0.15) is 0 Å². The van der Waals surface area contributed by atoms with Crippen LogP contribution in [0.15, 0.2) is 18.2 Å². The molecule has 1 unspecified atom stereocenters. The monoisotopic (exact) mass is 236 g/mol. The third kappa shape index (κ3) is 3.85. The van der Waals surface area contributed by atoms with Crippen molar-refractivity contribution in [2.75, 3.05) is 0 Å². The molecule has 0 saturated carbocycles. The zero-order valence-electron chi connectivity index (χ0n) is 9.44. The van der Waals surface area contributed by atoms with E-state index in [0.717, 1.165) is 12.5 Å². The SMILES string of the molecule is C#CC(CC)NCc1cc(F)cc([N+](=O)[O-])c1. The molecule has 17 heavy (non-hydrogen) atoms. The standard InChI is InChI=1S/C12H13FN2O2/c1-3-11(4-2)14-8-9-5-10(13)7-12(6-9)15(16)17/h1,5-7,11,14H,4,8H2,2H3. The maximum absolute atomic E-state index is 13.1. The highest BCUT2D eigenvalue weighted by Gasteiger charge is 2.10. The summed E-state index contributed by atoms with van der Waals surface area (Å²) < 4.78 is 13.1. The van der Waals surface area contributed by atoms with E-state index in [1.165, 1.54) is 12.1 Å². The van der Waals surface area contributed by atoms with Gasteiger partial charge >= 0.3 is 0 Å². The van der Waals surface area contributed by atoms with Gasteiger partial charge in [-0.1, -0.05) is 12.8 Å². The van der Waals surface area contributed by atoms with Crippen molar-refractivity contribution < 1.29 is 9.31 Å². The summed E-state index contributed by atoms with van der Waals surface area (Å²) in [4.78, 5) is 9.92. The molecule has 1 rings (SSSR count). The van der Waals surface area contributed by atoms with E-state index in [1.807, 2.05) is 6.92 Å². The van der Waals surface area contributed by atoms with Gasteiger partial charge in [0.2, 0.25) is 0 Å². The van der Waals surface area contributed by atoms with E-state index < -0.39 is 10.7 Å². The zero-order valence-corrected chi connectivity index (χ0v) is 9.44. The first-order chi connectivity index (χ1) is 8.06. The minimum atomic E-state index is -0.621. The van der Waals surface area contributed by atoms with Crippen molar-refractivity contribution in [3.8, 4) is 12.3 Å². The maximum Gasteiger partial charge on any atom is 0.272 e. The van der Waals surface area contributed by atoms with Gasteiger partial charge in [-0.3, -0.25) is 15.4 Å². The van der Waals surface area contributed by atoms with Gasteiger partial charge in [0, 0.05) is 12.6 Å². The van der Waals surface area contributed by atoms with Crippen molar-refractivity contribution >= 4 is 5.69 Å². The maximum atomic E-state index is 13.1. The number of hydrogen-bond acceptors (Lipinski definition) is 3.